The monoisotopic (exact) mass is 403 g/mol. The molecule has 1 aliphatic heterocycles. The fraction of sp³-hybridized carbons (Fsp3) is 0.412. The van der Waals surface area contributed by atoms with Crippen LogP contribution in [0.25, 0.3) is 0 Å². The average Bonchev–Trinajstić information content (AvgIpc) is 3.11. The Hall–Kier alpha value is -2.26. The number of carbonyl (C=O) groups excluding carboxylic acids is 1. The fourth-order valence-electron chi connectivity index (χ4n) is 2.85. The van der Waals surface area contributed by atoms with E-state index in [1.165, 1.54) is 6.07 Å². The van der Waals surface area contributed by atoms with Gasteiger partial charge in [0, 0.05) is 12.7 Å². The Morgan fingerprint density at radius 1 is 1.26 bits per heavy atom. The number of carbonyl (C=O) groups is 1. The van der Waals surface area contributed by atoms with Crippen molar-refractivity contribution in [3.63, 3.8) is 0 Å². The lowest BCUT2D eigenvalue weighted by Crippen LogP contribution is -2.32. The van der Waals surface area contributed by atoms with E-state index in [0.29, 0.717) is 0 Å². The minimum atomic E-state index is -4.34. The number of nitrogens with one attached hydrogen (secondary N) is 3. The number of piperidine rings is 1. The Labute approximate surface area is 160 Å². The van der Waals surface area contributed by atoms with E-state index in [1.807, 2.05) is 0 Å². The number of para-hydroxylation sites is 2. The highest BCUT2D eigenvalue weighted by molar-refractivity contribution is 6.04. The minimum Gasteiger partial charge on any atom is -0.375 e. The van der Waals surface area contributed by atoms with Crippen LogP contribution in [0, 0.1) is 0 Å². The maximum Gasteiger partial charge on any atom is 0.405 e. The predicted molar refractivity (Wildman–Crippen MR) is 99.6 cm³/mol. The fourth-order valence-corrected chi connectivity index (χ4v) is 2.85. The molecule has 10 heteroatoms. The van der Waals surface area contributed by atoms with Crippen molar-refractivity contribution in [3.8, 4) is 0 Å². The second kappa shape index (κ2) is 9.09. The number of benzene rings is 1. The number of amides is 1. The summed E-state index contributed by atoms with van der Waals surface area (Å²) in [5, 5.41) is 12.5. The molecule has 6 nitrogen and oxygen atoms in total. The summed E-state index contributed by atoms with van der Waals surface area (Å²) in [5.41, 5.74) is 0.700. The molecule has 3 N–H and O–H groups in total. The van der Waals surface area contributed by atoms with Gasteiger partial charge in [0.05, 0.1) is 17.4 Å². The molecular weight excluding hydrogens is 383 g/mol. The van der Waals surface area contributed by atoms with Gasteiger partial charge < -0.3 is 16.0 Å². The van der Waals surface area contributed by atoms with Crippen molar-refractivity contribution < 1.29 is 18.0 Å². The zero-order valence-corrected chi connectivity index (χ0v) is 15.2. The second-order valence-electron chi connectivity index (χ2n) is 6.15. The van der Waals surface area contributed by atoms with Crippen molar-refractivity contribution in [1.29, 1.82) is 0 Å². The molecule has 1 saturated heterocycles. The van der Waals surface area contributed by atoms with Gasteiger partial charge in [-0.1, -0.05) is 12.1 Å². The first-order valence-corrected chi connectivity index (χ1v) is 8.39. The third kappa shape index (κ3) is 5.86. The summed E-state index contributed by atoms with van der Waals surface area (Å²) in [4.78, 5) is 12.4. The summed E-state index contributed by atoms with van der Waals surface area (Å²) >= 11 is 0. The number of alkyl halides is 3. The van der Waals surface area contributed by atoms with Crippen molar-refractivity contribution in [2.45, 2.75) is 25.1 Å². The summed E-state index contributed by atoms with van der Waals surface area (Å²) in [5.74, 6) is -0.464. The lowest BCUT2D eigenvalue weighted by atomic mass is 10.1. The Morgan fingerprint density at radius 3 is 2.67 bits per heavy atom. The molecule has 148 valence electrons. The van der Waals surface area contributed by atoms with Gasteiger partial charge in [-0.2, -0.15) is 18.3 Å². The molecule has 0 spiro atoms. The van der Waals surface area contributed by atoms with Gasteiger partial charge in [0.15, 0.2) is 5.69 Å². The largest absolute Gasteiger partial charge is 0.405 e. The van der Waals surface area contributed by atoms with Gasteiger partial charge in [0.1, 0.15) is 6.54 Å². The summed E-state index contributed by atoms with van der Waals surface area (Å²) in [7, 11) is 0. The van der Waals surface area contributed by atoms with Gasteiger partial charge in [-0.05, 0) is 37.6 Å². The van der Waals surface area contributed by atoms with Gasteiger partial charge >= 0.3 is 6.18 Å². The van der Waals surface area contributed by atoms with Crippen LogP contribution in [0.4, 0.5) is 24.5 Å². The first-order chi connectivity index (χ1) is 12.4. The maximum atomic E-state index is 12.4. The van der Waals surface area contributed by atoms with Crippen molar-refractivity contribution in [2.24, 2.45) is 0 Å². The molecule has 1 atom stereocenters. The van der Waals surface area contributed by atoms with Crippen LogP contribution in [-0.2, 0) is 0 Å². The smallest absolute Gasteiger partial charge is 0.375 e. The van der Waals surface area contributed by atoms with E-state index in [1.54, 1.807) is 35.1 Å². The number of rotatable bonds is 5. The van der Waals surface area contributed by atoms with E-state index in [2.05, 4.69) is 21.0 Å². The highest BCUT2D eigenvalue weighted by Crippen LogP contribution is 2.24. The topological polar surface area (TPSA) is 71.0 Å². The normalized spacial score (nSPS) is 17.1. The maximum absolute atomic E-state index is 12.4. The van der Waals surface area contributed by atoms with Crippen molar-refractivity contribution in [2.75, 3.05) is 30.3 Å². The van der Waals surface area contributed by atoms with E-state index < -0.39 is 18.6 Å². The van der Waals surface area contributed by atoms with Crippen LogP contribution in [0.15, 0.2) is 36.5 Å². The Bertz CT molecular complexity index is 759. The van der Waals surface area contributed by atoms with E-state index >= 15 is 0 Å². The van der Waals surface area contributed by atoms with Gasteiger partial charge in [-0.3, -0.25) is 9.48 Å². The third-order valence-corrected chi connectivity index (χ3v) is 4.14. The molecule has 1 aromatic heterocycles. The molecule has 1 unspecified atom stereocenters. The number of aromatic nitrogens is 2. The number of nitrogens with zero attached hydrogens (tertiary/aromatic N) is 2. The predicted octanol–water partition coefficient (Wildman–Crippen LogP) is 3.46. The van der Waals surface area contributed by atoms with E-state index in [4.69, 9.17) is 0 Å². The molecule has 3 rings (SSSR count). The zero-order chi connectivity index (χ0) is 18.6. The molecule has 1 aliphatic rings. The van der Waals surface area contributed by atoms with Crippen molar-refractivity contribution in [1.82, 2.24) is 15.1 Å². The van der Waals surface area contributed by atoms with Gasteiger partial charge in [0.25, 0.3) is 5.91 Å². The van der Waals surface area contributed by atoms with Crippen LogP contribution in [0.2, 0.25) is 0 Å². The Balaban J connectivity index is 0.00000261. The SMILES string of the molecule is Cl.O=C(Nc1ccccc1NCC(F)(F)F)c1ccn(C2CCCNC2)n1. The molecule has 0 bridgehead atoms. The molecule has 2 aromatic rings. The summed E-state index contributed by atoms with van der Waals surface area (Å²) in [6.45, 7) is 0.600. The minimum absolute atomic E-state index is 0. The van der Waals surface area contributed by atoms with Gasteiger partial charge in [-0.15, -0.1) is 12.4 Å². The summed E-state index contributed by atoms with van der Waals surface area (Å²) < 4.78 is 39.0. The van der Waals surface area contributed by atoms with Crippen LogP contribution in [0.5, 0.6) is 0 Å². The zero-order valence-electron chi connectivity index (χ0n) is 14.4. The lowest BCUT2D eigenvalue weighted by Gasteiger charge is -2.22. The molecule has 27 heavy (non-hydrogen) atoms. The molecule has 0 aliphatic carbocycles. The summed E-state index contributed by atoms with van der Waals surface area (Å²) in [6.07, 6.45) is -0.561. The van der Waals surface area contributed by atoms with Crippen LogP contribution in [0.3, 0.4) is 0 Å². The number of anilines is 2. The van der Waals surface area contributed by atoms with E-state index in [-0.39, 0.29) is 35.5 Å². The standard InChI is InChI=1S/C17H20F3N5O.ClH/c18-17(19,20)11-22-13-5-1-2-6-14(13)23-16(26)15-7-9-25(24-15)12-4-3-8-21-10-12;/h1-2,5-7,9,12,21-22H,3-4,8,10-11H2,(H,23,26);1H. The van der Waals surface area contributed by atoms with Crippen LogP contribution < -0.4 is 16.0 Å². The Morgan fingerprint density at radius 2 is 2.00 bits per heavy atom. The highest BCUT2D eigenvalue weighted by Gasteiger charge is 2.27. The average molecular weight is 404 g/mol. The molecule has 1 fully saturated rings. The lowest BCUT2D eigenvalue weighted by molar-refractivity contribution is -0.115. The molecular formula is C17H21ClF3N5O. The number of halogens is 4. The van der Waals surface area contributed by atoms with Crippen LogP contribution in [-0.4, -0.2) is 41.5 Å². The van der Waals surface area contributed by atoms with Crippen molar-refractivity contribution in [3.05, 3.63) is 42.2 Å². The highest BCUT2D eigenvalue weighted by atomic mass is 35.5. The first-order valence-electron chi connectivity index (χ1n) is 8.39. The molecule has 0 radical (unpaired) electrons. The molecule has 0 saturated carbocycles. The van der Waals surface area contributed by atoms with Gasteiger partial charge in [0.2, 0.25) is 0 Å². The molecule has 1 amide bonds. The number of hydrogen-bond donors (Lipinski definition) is 3. The quantitative estimate of drug-likeness (QED) is 0.715. The van der Waals surface area contributed by atoms with Crippen LogP contribution in [0.1, 0.15) is 29.4 Å². The first kappa shape index (κ1) is 21.0. The van der Waals surface area contributed by atoms with E-state index in [9.17, 15) is 18.0 Å². The summed E-state index contributed by atoms with van der Waals surface area (Å²) in [6, 6.07) is 8.06. The van der Waals surface area contributed by atoms with Gasteiger partial charge in [-0.25, -0.2) is 0 Å². The van der Waals surface area contributed by atoms with E-state index in [0.717, 1.165) is 25.9 Å². The Kier molecular flexibility index (Phi) is 7.09. The van der Waals surface area contributed by atoms with Crippen LogP contribution >= 0.6 is 12.4 Å². The van der Waals surface area contributed by atoms with Crippen molar-refractivity contribution >= 4 is 29.7 Å². The second-order valence-corrected chi connectivity index (χ2v) is 6.15. The number of hydrogen-bond acceptors (Lipinski definition) is 4. The molecule has 1 aromatic carbocycles. The molecule has 2 heterocycles. The third-order valence-electron chi connectivity index (χ3n) is 4.14.